The number of aliphatic hydroxyl groups excluding tert-OH is 1. The van der Waals surface area contributed by atoms with Crippen molar-refractivity contribution in [2.45, 2.75) is 6.54 Å². The molecule has 0 saturated carbocycles. The van der Waals surface area contributed by atoms with Gasteiger partial charge in [0.1, 0.15) is 0 Å². The van der Waals surface area contributed by atoms with Gasteiger partial charge in [-0.05, 0) is 19.2 Å². The second-order valence-corrected chi connectivity index (χ2v) is 3.96. The van der Waals surface area contributed by atoms with Crippen molar-refractivity contribution in [2.75, 3.05) is 26.7 Å². The molecule has 0 saturated heterocycles. The zero-order valence-corrected chi connectivity index (χ0v) is 9.78. The summed E-state index contributed by atoms with van der Waals surface area (Å²) in [6, 6.07) is 5.46. The SMILES string of the molecule is CN(CCO)CCn1nc2ccccn2c1=O. The number of aliphatic hydroxyl groups is 1. The number of fused-ring (bicyclic) bond motifs is 1. The van der Waals surface area contributed by atoms with Crippen LogP contribution in [0.2, 0.25) is 0 Å². The number of likely N-dealkylation sites (N-methyl/N-ethyl adjacent to an activating group) is 1. The molecule has 92 valence electrons. The summed E-state index contributed by atoms with van der Waals surface area (Å²) in [5.41, 5.74) is 0.528. The lowest BCUT2D eigenvalue weighted by atomic mass is 10.5. The van der Waals surface area contributed by atoms with E-state index in [1.165, 1.54) is 9.08 Å². The van der Waals surface area contributed by atoms with Crippen LogP contribution in [-0.4, -0.2) is 50.9 Å². The second-order valence-electron chi connectivity index (χ2n) is 3.96. The second kappa shape index (κ2) is 5.11. The van der Waals surface area contributed by atoms with Crippen molar-refractivity contribution in [3.63, 3.8) is 0 Å². The van der Waals surface area contributed by atoms with E-state index in [2.05, 4.69) is 5.10 Å². The first-order valence-corrected chi connectivity index (χ1v) is 5.56. The Morgan fingerprint density at radius 2 is 2.24 bits per heavy atom. The van der Waals surface area contributed by atoms with Crippen molar-refractivity contribution in [1.82, 2.24) is 19.1 Å². The first kappa shape index (κ1) is 11.8. The average Bonchev–Trinajstić information content (AvgIpc) is 2.65. The summed E-state index contributed by atoms with van der Waals surface area (Å²) in [5, 5.41) is 13.0. The summed E-state index contributed by atoms with van der Waals surface area (Å²) in [6.07, 6.45) is 1.71. The molecule has 0 fully saturated rings. The summed E-state index contributed by atoms with van der Waals surface area (Å²) in [5.74, 6) is 0. The average molecular weight is 236 g/mol. The van der Waals surface area contributed by atoms with Crippen molar-refractivity contribution >= 4 is 5.65 Å². The van der Waals surface area contributed by atoms with Crippen LogP contribution >= 0.6 is 0 Å². The molecule has 0 aliphatic rings. The molecule has 17 heavy (non-hydrogen) atoms. The standard InChI is InChI=1S/C11H16N4O2/c1-13(8-9-16)6-7-15-11(17)14-5-3-2-4-10(14)12-15/h2-5,16H,6-9H2,1H3. The van der Waals surface area contributed by atoms with Gasteiger partial charge in [-0.25, -0.2) is 9.48 Å². The number of pyridine rings is 1. The lowest BCUT2D eigenvalue weighted by Crippen LogP contribution is -2.30. The van der Waals surface area contributed by atoms with Crippen LogP contribution in [0.3, 0.4) is 0 Å². The van der Waals surface area contributed by atoms with Gasteiger partial charge in [-0.3, -0.25) is 4.40 Å². The Balaban J connectivity index is 2.14. The zero-order chi connectivity index (χ0) is 12.3. The zero-order valence-electron chi connectivity index (χ0n) is 9.78. The van der Waals surface area contributed by atoms with Crippen molar-refractivity contribution < 1.29 is 5.11 Å². The summed E-state index contributed by atoms with van der Waals surface area (Å²) in [6.45, 7) is 1.93. The Bertz CT molecular complexity index is 546. The molecular formula is C11H16N4O2. The first-order chi connectivity index (χ1) is 8.22. The molecule has 2 heterocycles. The van der Waals surface area contributed by atoms with Gasteiger partial charge in [-0.15, -0.1) is 5.10 Å². The third kappa shape index (κ3) is 2.54. The Morgan fingerprint density at radius 1 is 1.41 bits per heavy atom. The van der Waals surface area contributed by atoms with Crippen LogP contribution in [0.15, 0.2) is 29.2 Å². The van der Waals surface area contributed by atoms with E-state index in [0.717, 1.165) is 0 Å². The molecular weight excluding hydrogens is 220 g/mol. The Hall–Kier alpha value is -1.66. The van der Waals surface area contributed by atoms with Gasteiger partial charge in [0.05, 0.1) is 13.2 Å². The van der Waals surface area contributed by atoms with E-state index in [-0.39, 0.29) is 12.3 Å². The molecule has 2 rings (SSSR count). The molecule has 6 heteroatoms. The van der Waals surface area contributed by atoms with Gasteiger partial charge in [-0.1, -0.05) is 6.07 Å². The van der Waals surface area contributed by atoms with Crippen LogP contribution in [0.4, 0.5) is 0 Å². The molecule has 1 N–H and O–H groups in total. The predicted octanol–water partition coefficient (Wildman–Crippen LogP) is -0.580. The molecule has 0 atom stereocenters. The summed E-state index contributed by atoms with van der Waals surface area (Å²) >= 11 is 0. The van der Waals surface area contributed by atoms with Crippen LogP contribution < -0.4 is 5.69 Å². The third-order valence-electron chi connectivity index (χ3n) is 2.66. The van der Waals surface area contributed by atoms with Crippen LogP contribution in [0, 0.1) is 0 Å². The quantitative estimate of drug-likeness (QED) is 0.754. The highest BCUT2D eigenvalue weighted by atomic mass is 16.3. The number of hydrogen-bond donors (Lipinski definition) is 1. The molecule has 0 bridgehead atoms. The number of hydrogen-bond acceptors (Lipinski definition) is 4. The minimum absolute atomic E-state index is 0.122. The maximum absolute atomic E-state index is 11.9. The Morgan fingerprint density at radius 3 is 2.94 bits per heavy atom. The highest BCUT2D eigenvalue weighted by Gasteiger charge is 2.06. The number of aromatic nitrogens is 3. The van der Waals surface area contributed by atoms with Crippen molar-refractivity contribution in [2.24, 2.45) is 0 Å². The van der Waals surface area contributed by atoms with E-state index < -0.39 is 0 Å². The summed E-state index contributed by atoms with van der Waals surface area (Å²) in [4.78, 5) is 13.8. The van der Waals surface area contributed by atoms with Crippen molar-refractivity contribution in [1.29, 1.82) is 0 Å². The van der Waals surface area contributed by atoms with E-state index in [0.29, 0.717) is 25.3 Å². The van der Waals surface area contributed by atoms with E-state index >= 15 is 0 Å². The van der Waals surface area contributed by atoms with E-state index in [4.69, 9.17) is 5.11 Å². The molecule has 2 aromatic heterocycles. The van der Waals surface area contributed by atoms with E-state index in [9.17, 15) is 4.79 Å². The maximum atomic E-state index is 11.9. The molecule has 0 radical (unpaired) electrons. The number of rotatable bonds is 5. The van der Waals surface area contributed by atoms with Gasteiger partial charge < -0.3 is 10.0 Å². The third-order valence-corrected chi connectivity index (χ3v) is 2.66. The summed E-state index contributed by atoms with van der Waals surface area (Å²) in [7, 11) is 1.90. The monoisotopic (exact) mass is 236 g/mol. The van der Waals surface area contributed by atoms with Gasteiger partial charge >= 0.3 is 5.69 Å². The molecule has 0 unspecified atom stereocenters. The molecule has 0 aliphatic heterocycles. The van der Waals surface area contributed by atoms with Crippen molar-refractivity contribution in [3.05, 3.63) is 34.9 Å². The van der Waals surface area contributed by atoms with Crippen LogP contribution in [0.25, 0.3) is 5.65 Å². The van der Waals surface area contributed by atoms with Gasteiger partial charge in [0, 0.05) is 19.3 Å². The fourth-order valence-electron chi connectivity index (χ4n) is 1.66. The van der Waals surface area contributed by atoms with Crippen LogP contribution in [-0.2, 0) is 6.54 Å². The topological polar surface area (TPSA) is 62.8 Å². The van der Waals surface area contributed by atoms with E-state index in [1.807, 2.05) is 18.0 Å². The lowest BCUT2D eigenvalue weighted by molar-refractivity contribution is 0.215. The number of nitrogens with zero attached hydrogens (tertiary/aromatic N) is 4. The maximum Gasteiger partial charge on any atom is 0.350 e. The minimum Gasteiger partial charge on any atom is -0.395 e. The van der Waals surface area contributed by atoms with Crippen molar-refractivity contribution in [3.8, 4) is 0 Å². The fourth-order valence-corrected chi connectivity index (χ4v) is 1.66. The molecule has 0 aromatic carbocycles. The molecule has 0 amide bonds. The molecule has 0 aliphatic carbocycles. The predicted molar refractivity (Wildman–Crippen MR) is 64.0 cm³/mol. The van der Waals surface area contributed by atoms with Crippen LogP contribution in [0.5, 0.6) is 0 Å². The van der Waals surface area contributed by atoms with E-state index in [1.54, 1.807) is 18.3 Å². The smallest absolute Gasteiger partial charge is 0.350 e. The van der Waals surface area contributed by atoms with Gasteiger partial charge in [0.2, 0.25) is 0 Å². The largest absolute Gasteiger partial charge is 0.395 e. The van der Waals surface area contributed by atoms with Gasteiger partial charge in [-0.2, -0.15) is 0 Å². The van der Waals surface area contributed by atoms with Gasteiger partial charge in [0.15, 0.2) is 5.65 Å². The highest BCUT2D eigenvalue weighted by molar-refractivity contribution is 5.35. The Labute approximate surface area is 98.7 Å². The van der Waals surface area contributed by atoms with Gasteiger partial charge in [0.25, 0.3) is 0 Å². The summed E-state index contributed by atoms with van der Waals surface area (Å²) < 4.78 is 2.97. The minimum atomic E-state index is -0.127. The first-order valence-electron chi connectivity index (χ1n) is 5.56. The lowest BCUT2D eigenvalue weighted by Gasteiger charge is -2.13. The Kier molecular flexibility index (Phi) is 3.55. The molecule has 0 spiro atoms. The molecule has 2 aromatic rings. The molecule has 6 nitrogen and oxygen atoms in total. The van der Waals surface area contributed by atoms with Crippen LogP contribution in [0.1, 0.15) is 0 Å². The normalized spacial score (nSPS) is 11.5. The highest BCUT2D eigenvalue weighted by Crippen LogP contribution is 1.95. The fraction of sp³-hybridized carbons (Fsp3) is 0.455.